The van der Waals surface area contributed by atoms with Crippen molar-refractivity contribution in [1.29, 1.82) is 0 Å². The molecule has 8 nitrogen and oxygen atoms in total. The van der Waals surface area contributed by atoms with Crippen molar-refractivity contribution in [2.24, 2.45) is 5.10 Å². The van der Waals surface area contributed by atoms with Crippen LogP contribution in [0.5, 0.6) is 11.5 Å². The lowest BCUT2D eigenvalue weighted by Gasteiger charge is -2.13. The molecule has 1 heterocycles. The molecule has 0 atom stereocenters. The Balaban J connectivity index is 1.59. The number of anilines is 1. The van der Waals surface area contributed by atoms with Gasteiger partial charge >= 0.3 is 0 Å². The van der Waals surface area contributed by atoms with Gasteiger partial charge in [0.1, 0.15) is 5.82 Å². The number of carbonyl (C=O) groups excluding carboxylic acids is 1. The maximum atomic E-state index is 13.3. The van der Waals surface area contributed by atoms with Crippen molar-refractivity contribution < 1.29 is 14.3 Å². The van der Waals surface area contributed by atoms with Crippen molar-refractivity contribution in [3.8, 4) is 11.5 Å². The van der Waals surface area contributed by atoms with Crippen LogP contribution >= 0.6 is 31.9 Å². The highest BCUT2D eigenvalue weighted by Gasteiger charge is 2.14. The number of para-hydroxylation sites is 1. The second-order valence-corrected chi connectivity index (χ2v) is 10.2. The third-order valence-corrected chi connectivity index (χ3v) is 6.90. The smallest absolute Gasteiger partial charge is 0.282 e. The Kier molecular flexibility index (Phi) is 8.96. The van der Waals surface area contributed by atoms with Crippen molar-refractivity contribution in [3.05, 3.63) is 90.8 Å². The molecule has 0 unspecified atom stereocenters. The van der Waals surface area contributed by atoms with Gasteiger partial charge in [0, 0.05) is 26.6 Å². The summed E-state index contributed by atoms with van der Waals surface area (Å²) in [5.41, 5.74) is 2.72. The molecular formula is C28H26Br2N4O4. The van der Waals surface area contributed by atoms with E-state index in [1.165, 1.54) is 11.8 Å². The minimum absolute atomic E-state index is 0.196. The molecule has 3 aromatic carbocycles. The van der Waals surface area contributed by atoms with Crippen molar-refractivity contribution >= 4 is 60.6 Å². The summed E-state index contributed by atoms with van der Waals surface area (Å²) in [7, 11) is 1.51. The number of fused-ring (bicyclic) bond motifs is 1. The first-order valence-corrected chi connectivity index (χ1v) is 13.5. The van der Waals surface area contributed by atoms with Gasteiger partial charge < -0.3 is 14.8 Å². The Morgan fingerprint density at radius 2 is 1.92 bits per heavy atom. The van der Waals surface area contributed by atoms with Crippen LogP contribution in [0.25, 0.3) is 10.9 Å². The number of aryl methyl sites for hydroxylation is 2. The molecule has 0 saturated heterocycles. The molecular weight excluding hydrogens is 616 g/mol. The van der Waals surface area contributed by atoms with Gasteiger partial charge in [0.2, 0.25) is 0 Å². The number of carbonyl (C=O) groups is 1. The average molecular weight is 642 g/mol. The predicted octanol–water partition coefficient (Wildman–Crippen LogP) is 6.09. The second-order valence-electron chi connectivity index (χ2n) is 8.48. The molecule has 0 bridgehead atoms. The summed E-state index contributed by atoms with van der Waals surface area (Å²) in [6.45, 7) is 3.75. The van der Waals surface area contributed by atoms with Crippen LogP contribution in [0.1, 0.15) is 30.3 Å². The van der Waals surface area contributed by atoms with Gasteiger partial charge in [-0.3, -0.25) is 9.59 Å². The number of hydrogen-bond donors (Lipinski definition) is 1. The largest absolute Gasteiger partial charge is 0.493 e. The Morgan fingerprint density at radius 3 is 2.66 bits per heavy atom. The maximum absolute atomic E-state index is 13.3. The number of halogens is 2. The number of nitrogens with one attached hydrogen (secondary N) is 1. The van der Waals surface area contributed by atoms with Crippen LogP contribution in [0.4, 0.5) is 5.69 Å². The topological polar surface area (TPSA) is 94.8 Å². The molecule has 0 aliphatic carbocycles. The molecule has 0 aliphatic rings. The summed E-state index contributed by atoms with van der Waals surface area (Å²) < 4.78 is 14.0. The van der Waals surface area contributed by atoms with Gasteiger partial charge in [0.25, 0.3) is 11.5 Å². The van der Waals surface area contributed by atoms with E-state index in [2.05, 4.69) is 47.3 Å². The molecule has 1 amide bonds. The van der Waals surface area contributed by atoms with Crippen LogP contribution in [-0.4, -0.2) is 35.5 Å². The van der Waals surface area contributed by atoms with E-state index in [9.17, 15) is 9.59 Å². The first-order valence-electron chi connectivity index (χ1n) is 11.9. The highest BCUT2D eigenvalue weighted by atomic mass is 79.9. The van der Waals surface area contributed by atoms with E-state index in [1.807, 2.05) is 50.2 Å². The fourth-order valence-electron chi connectivity index (χ4n) is 3.78. The van der Waals surface area contributed by atoms with Crippen molar-refractivity contribution in [2.45, 2.75) is 26.7 Å². The quantitative estimate of drug-likeness (QED) is 0.223. The summed E-state index contributed by atoms with van der Waals surface area (Å²) in [6.07, 6.45) is 2.97. The summed E-state index contributed by atoms with van der Waals surface area (Å²) in [5, 5.41) is 7.79. The van der Waals surface area contributed by atoms with Crippen LogP contribution in [0.15, 0.2) is 73.4 Å². The van der Waals surface area contributed by atoms with E-state index >= 15 is 0 Å². The molecule has 1 N–H and O–H groups in total. The number of hydrogen-bond acceptors (Lipinski definition) is 6. The van der Waals surface area contributed by atoms with E-state index in [0.717, 1.165) is 22.1 Å². The van der Waals surface area contributed by atoms with Crippen molar-refractivity contribution in [2.75, 3.05) is 19.0 Å². The monoisotopic (exact) mass is 640 g/mol. The minimum Gasteiger partial charge on any atom is -0.493 e. The van der Waals surface area contributed by atoms with Crippen LogP contribution in [0.3, 0.4) is 0 Å². The first-order chi connectivity index (χ1) is 18.3. The molecule has 0 fully saturated rings. The Hall–Kier alpha value is -3.50. The lowest BCUT2D eigenvalue weighted by Crippen LogP contribution is -2.22. The van der Waals surface area contributed by atoms with Crippen molar-refractivity contribution in [1.82, 2.24) is 9.66 Å². The van der Waals surface area contributed by atoms with Crippen LogP contribution in [0.2, 0.25) is 0 Å². The predicted molar refractivity (Wildman–Crippen MR) is 157 cm³/mol. The average Bonchev–Trinajstić information content (AvgIpc) is 2.90. The van der Waals surface area contributed by atoms with E-state index in [1.54, 1.807) is 24.4 Å². The number of benzene rings is 3. The number of nitrogens with zero attached hydrogens (tertiary/aromatic N) is 3. The van der Waals surface area contributed by atoms with E-state index in [4.69, 9.17) is 9.47 Å². The Labute approximate surface area is 236 Å². The molecule has 4 aromatic rings. The van der Waals surface area contributed by atoms with E-state index in [0.29, 0.717) is 44.7 Å². The number of ether oxygens (including phenoxy) is 2. The van der Waals surface area contributed by atoms with Gasteiger partial charge in [-0.25, -0.2) is 4.98 Å². The number of rotatable bonds is 9. The maximum Gasteiger partial charge on any atom is 0.282 e. The zero-order valence-electron chi connectivity index (χ0n) is 21.1. The summed E-state index contributed by atoms with van der Waals surface area (Å²) >= 11 is 6.95. The Morgan fingerprint density at radius 1 is 1.13 bits per heavy atom. The van der Waals surface area contributed by atoms with Gasteiger partial charge in [-0.05, 0) is 71.2 Å². The van der Waals surface area contributed by atoms with Gasteiger partial charge in [-0.2, -0.15) is 9.78 Å². The SMILES string of the molecule is CCCc1nc2ccc(Br)cc2c(=O)n1N=Cc1cc(OC)c(OCC(=O)Nc2ccccc2C)cc1Br. The molecule has 0 saturated carbocycles. The third kappa shape index (κ3) is 6.31. The lowest BCUT2D eigenvalue weighted by molar-refractivity contribution is -0.118. The van der Waals surface area contributed by atoms with Crippen LogP contribution < -0.4 is 20.3 Å². The molecule has 0 radical (unpaired) electrons. The number of aromatic nitrogens is 2. The second kappa shape index (κ2) is 12.4. The summed E-state index contributed by atoms with van der Waals surface area (Å²) in [6, 6.07) is 16.4. The zero-order valence-corrected chi connectivity index (χ0v) is 24.3. The zero-order chi connectivity index (χ0) is 27.2. The normalized spacial score (nSPS) is 11.2. The van der Waals surface area contributed by atoms with Gasteiger partial charge in [0.15, 0.2) is 18.1 Å². The molecule has 38 heavy (non-hydrogen) atoms. The molecule has 10 heteroatoms. The standard InChI is InChI=1S/C28H26Br2N4O4/c1-4-7-26-32-23-11-10-19(29)13-20(23)28(36)34(26)31-15-18-12-24(37-3)25(14-21(18)30)38-16-27(35)33-22-9-6-5-8-17(22)2/h5-6,8-15H,4,7,16H2,1-3H3,(H,33,35). The van der Waals surface area contributed by atoms with Gasteiger partial charge in [-0.1, -0.05) is 41.1 Å². The molecule has 1 aromatic heterocycles. The number of methoxy groups -OCH3 is 1. The van der Waals surface area contributed by atoms with Crippen molar-refractivity contribution in [3.63, 3.8) is 0 Å². The van der Waals surface area contributed by atoms with Gasteiger partial charge in [0.05, 0.1) is 24.2 Å². The number of amides is 1. The minimum atomic E-state index is -0.290. The van der Waals surface area contributed by atoms with E-state index < -0.39 is 0 Å². The molecule has 0 aliphatic heterocycles. The van der Waals surface area contributed by atoms with Gasteiger partial charge in [-0.15, -0.1) is 0 Å². The Bertz CT molecular complexity index is 1580. The summed E-state index contributed by atoms with van der Waals surface area (Å²) in [5.74, 6) is 1.09. The van der Waals surface area contributed by atoms with E-state index in [-0.39, 0.29) is 18.1 Å². The van der Waals surface area contributed by atoms with Crippen LogP contribution in [0, 0.1) is 6.92 Å². The molecule has 0 spiro atoms. The summed E-state index contributed by atoms with van der Waals surface area (Å²) in [4.78, 5) is 30.3. The highest BCUT2D eigenvalue weighted by molar-refractivity contribution is 9.10. The fourth-order valence-corrected chi connectivity index (χ4v) is 4.57. The molecule has 4 rings (SSSR count). The fraction of sp³-hybridized carbons (Fsp3) is 0.214. The first kappa shape index (κ1) is 27.5. The highest BCUT2D eigenvalue weighted by Crippen LogP contribution is 2.33. The lowest BCUT2D eigenvalue weighted by atomic mass is 10.2. The van der Waals surface area contributed by atoms with Crippen LogP contribution in [-0.2, 0) is 11.2 Å². The molecule has 196 valence electrons. The third-order valence-electron chi connectivity index (χ3n) is 5.72.